The van der Waals surface area contributed by atoms with E-state index in [9.17, 15) is 18.0 Å². The maximum Gasteiger partial charge on any atom is 0.417 e. The van der Waals surface area contributed by atoms with Crippen molar-refractivity contribution in [3.63, 3.8) is 0 Å². The lowest BCUT2D eigenvalue weighted by Gasteiger charge is -2.15. The van der Waals surface area contributed by atoms with Gasteiger partial charge < -0.3 is 9.84 Å². The number of ether oxygens (including phenoxy) is 1. The number of alkyl halides is 3. The Balaban J connectivity index is 1.55. The summed E-state index contributed by atoms with van der Waals surface area (Å²) in [5, 5.41) is 9.70. The molecule has 1 aromatic carbocycles. The summed E-state index contributed by atoms with van der Waals surface area (Å²) < 4.78 is 43.9. The quantitative estimate of drug-likeness (QED) is 0.577. The average molecular weight is 469 g/mol. The largest absolute Gasteiger partial charge is 0.491 e. The van der Waals surface area contributed by atoms with Crippen LogP contribution in [0.3, 0.4) is 0 Å². The van der Waals surface area contributed by atoms with Gasteiger partial charge in [-0.3, -0.25) is 9.36 Å². The molecule has 0 spiro atoms. The number of fused-ring (bicyclic) bond motifs is 1. The van der Waals surface area contributed by atoms with E-state index in [2.05, 4.69) is 4.98 Å². The van der Waals surface area contributed by atoms with Crippen LogP contribution in [0.2, 0.25) is 0 Å². The number of halogens is 4. The molecular weight excluding hydrogens is 453 g/mol. The molecule has 0 fully saturated rings. The van der Waals surface area contributed by atoms with Crippen molar-refractivity contribution in [1.82, 2.24) is 9.55 Å². The van der Waals surface area contributed by atoms with Crippen LogP contribution < -0.4 is 10.3 Å². The highest BCUT2D eigenvalue weighted by atomic mass is 35.5. The maximum absolute atomic E-state index is 13.0. The summed E-state index contributed by atoms with van der Waals surface area (Å²) in [4.78, 5) is 18.4. The highest BCUT2D eigenvalue weighted by Crippen LogP contribution is 2.34. The van der Waals surface area contributed by atoms with Crippen molar-refractivity contribution in [2.24, 2.45) is 0 Å². The van der Waals surface area contributed by atoms with Crippen molar-refractivity contribution in [3.05, 3.63) is 75.2 Å². The standard InChI is InChI=1S/C21H16ClF3N2O3S/c22-13-3-1-12(2-4-13)17-9-16-19(31-17)20(29)27(11-26-16)14-5-7-15(8-6-14)30-10-18(28)21(23,24)25/h1,3-9,11-12,18,28H,2,10H2. The maximum atomic E-state index is 13.0. The third-order valence-electron chi connectivity index (χ3n) is 4.78. The Bertz CT molecular complexity index is 1220. The van der Waals surface area contributed by atoms with E-state index < -0.39 is 18.9 Å². The number of rotatable bonds is 5. The zero-order valence-corrected chi connectivity index (χ0v) is 17.4. The number of hydrogen-bond acceptors (Lipinski definition) is 5. The van der Waals surface area contributed by atoms with Crippen LogP contribution in [0.25, 0.3) is 15.9 Å². The molecule has 0 saturated heterocycles. The van der Waals surface area contributed by atoms with Gasteiger partial charge in [-0.05, 0) is 42.8 Å². The molecule has 2 atom stereocenters. The fraction of sp³-hybridized carbons (Fsp3) is 0.238. The molecule has 0 radical (unpaired) electrons. The predicted molar refractivity (Wildman–Crippen MR) is 113 cm³/mol. The van der Waals surface area contributed by atoms with Gasteiger partial charge in [0.05, 0.1) is 11.2 Å². The van der Waals surface area contributed by atoms with Gasteiger partial charge in [-0.1, -0.05) is 23.8 Å². The van der Waals surface area contributed by atoms with Gasteiger partial charge in [-0.15, -0.1) is 11.3 Å². The van der Waals surface area contributed by atoms with Crippen LogP contribution >= 0.6 is 22.9 Å². The number of hydrogen-bond donors (Lipinski definition) is 1. The molecule has 1 aliphatic carbocycles. The number of nitrogens with zero attached hydrogens (tertiary/aromatic N) is 2. The Hall–Kier alpha value is -2.62. The van der Waals surface area contributed by atoms with E-state index in [0.717, 1.165) is 11.3 Å². The minimum absolute atomic E-state index is 0.137. The van der Waals surface area contributed by atoms with Crippen LogP contribution in [-0.2, 0) is 0 Å². The van der Waals surface area contributed by atoms with Gasteiger partial charge in [-0.25, -0.2) is 4.98 Å². The zero-order chi connectivity index (χ0) is 22.2. The average Bonchev–Trinajstić information content (AvgIpc) is 3.18. The predicted octanol–water partition coefficient (Wildman–Crippen LogP) is 4.92. The Labute approximate surface area is 183 Å². The highest BCUT2D eigenvalue weighted by molar-refractivity contribution is 7.19. The minimum atomic E-state index is -4.75. The number of aliphatic hydroxyl groups is 1. The van der Waals surface area contributed by atoms with Crippen molar-refractivity contribution >= 4 is 33.2 Å². The molecule has 1 aliphatic rings. The van der Waals surface area contributed by atoms with Crippen LogP contribution in [0.15, 0.2) is 64.7 Å². The third-order valence-corrected chi connectivity index (χ3v) is 6.30. The fourth-order valence-corrected chi connectivity index (χ4v) is 4.37. The summed E-state index contributed by atoms with van der Waals surface area (Å²) >= 11 is 7.35. The molecule has 3 aromatic rings. The highest BCUT2D eigenvalue weighted by Gasteiger charge is 2.38. The van der Waals surface area contributed by atoms with Gasteiger partial charge in [0.25, 0.3) is 5.56 Å². The van der Waals surface area contributed by atoms with E-state index >= 15 is 0 Å². The van der Waals surface area contributed by atoms with Crippen molar-refractivity contribution in [2.45, 2.75) is 24.6 Å². The summed E-state index contributed by atoms with van der Waals surface area (Å²) in [6.45, 7) is -0.912. The Kier molecular flexibility index (Phi) is 5.92. The molecule has 0 saturated carbocycles. The smallest absolute Gasteiger partial charge is 0.417 e. The summed E-state index contributed by atoms with van der Waals surface area (Å²) in [7, 11) is 0. The molecule has 0 amide bonds. The molecule has 31 heavy (non-hydrogen) atoms. The van der Waals surface area contributed by atoms with Crippen LogP contribution in [0.4, 0.5) is 13.2 Å². The molecular formula is C21H16ClF3N2O3S. The first kappa shape index (κ1) is 21.6. The second-order valence-electron chi connectivity index (χ2n) is 6.94. The van der Waals surface area contributed by atoms with Crippen LogP contribution in [0.1, 0.15) is 17.2 Å². The van der Waals surface area contributed by atoms with Gasteiger partial charge in [0.2, 0.25) is 0 Å². The second-order valence-corrected chi connectivity index (χ2v) is 8.46. The molecule has 2 aromatic heterocycles. The number of benzene rings is 1. The molecule has 4 rings (SSSR count). The second kappa shape index (κ2) is 8.49. The molecule has 162 valence electrons. The van der Waals surface area contributed by atoms with Gasteiger partial charge in [-0.2, -0.15) is 13.2 Å². The van der Waals surface area contributed by atoms with E-state index in [1.165, 1.54) is 46.5 Å². The molecule has 0 aliphatic heterocycles. The van der Waals surface area contributed by atoms with Crippen LogP contribution in [-0.4, -0.2) is 33.5 Å². The number of allylic oxidation sites excluding steroid dienone is 4. The van der Waals surface area contributed by atoms with E-state index in [0.29, 0.717) is 20.9 Å². The lowest BCUT2D eigenvalue weighted by Crippen LogP contribution is -2.34. The van der Waals surface area contributed by atoms with Crippen LogP contribution in [0, 0.1) is 0 Å². The monoisotopic (exact) mass is 468 g/mol. The van der Waals surface area contributed by atoms with Gasteiger partial charge >= 0.3 is 6.18 Å². The van der Waals surface area contributed by atoms with Gasteiger partial charge in [0.15, 0.2) is 6.10 Å². The Morgan fingerprint density at radius 3 is 2.71 bits per heavy atom. The van der Waals surface area contributed by atoms with E-state index in [-0.39, 0.29) is 17.2 Å². The fourth-order valence-electron chi connectivity index (χ4n) is 3.08. The molecule has 10 heteroatoms. The van der Waals surface area contributed by atoms with E-state index in [4.69, 9.17) is 21.4 Å². The molecule has 2 heterocycles. The normalized spacial score (nSPS) is 17.6. The minimum Gasteiger partial charge on any atom is -0.491 e. The summed E-state index contributed by atoms with van der Waals surface area (Å²) in [5.41, 5.74) is 0.859. The van der Waals surface area contributed by atoms with Crippen molar-refractivity contribution in [2.75, 3.05) is 6.61 Å². The summed E-state index contributed by atoms with van der Waals surface area (Å²) in [5.74, 6) is 0.279. The van der Waals surface area contributed by atoms with Gasteiger partial charge in [0.1, 0.15) is 23.4 Å². The van der Waals surface area contributed by atoms with Gasteiger partial charge in [0, 0.05) is 15.8 Å². The zero-order valence-electron chi connectivity index (χ0n) is 15.8. The lowest BCUT2D eigenvalue weighted by atomic mass is 9.99. The summed E-state index contributed by atoms with van der Waals surface area (Å²) in [6, 6.07) is 7.83. The number of aliphatic hydroxyl groups excluding tert-OH is 1. The Morgan fingerprint density at radius 1 is 1.32 bits per heavy atom. The van der Waals surface area contributed by atoms with Crippen LogP contribution in [0.5, 0.6) is 5.75 Å². The SMILES string of the molecule is O=c1c2sc(C3C=CC(Cl)=CC3)cc2ncn1-c1ccc(OCC(O)C(F)(F)F)cc1. The van der Waals surface area contributed by atoms with E-state index in [1.807, 2.05) is 24.3 Å². The topological polar surface area (TPSA) is 64.4 Å². The first-order chi connectivity index (χ1) is 14.7. The number of aromatic nitrogens is 2. The summed E-state index contributed by atoms with van der Waals surface area (Å²) in [6.07, 6.45) is 0.616. The molecule has 1 N–H and O–H groups in total. The number of thiophene rings is 1. The first-order valence-corrected chi connectivity index (χ1v) is 10.4. The molecule has 2 unspecified atom stereocenters. The Morgan fingerprint density at radius 2 is 2.06 bits per heavy atom. The molecule has 5 nitrogen and oxygen atoms in total. The molecule has 0 bridgehead atoms. The van der Waals surface area contributed by atoms with Crippen molar-refractivity contribution in [1.29, 1.82) is 0 Å². The lowest BCUT2D eigenvalue weighted by molar-refractivity contribution is -0.210. The van der Waals surface area contributed by atoms with Crippen molar-refractivity contribution in [3.8, 4) is 11.4 Å². The first-order valence-electron chi connectivity index (χ1n) is 9.25. The third kappa shape index (κ3) is 4.68. The van der Waals surface area contributed by atoms with Crippen molar-refractivity contribution < 1.29 is 23.0 Å². The van der Waals surface area contributed by atoms with E-state index in [1.54, 1.807) is 0 Å².